The van der Waals surface area contributed by atoms with Crippen LogP contribution in [0.25, 0.3) is 0 Å². The van der Waals surface area contributed by atoms with Crippen molar-refractivity contribution in [3.05, 3.63) is 33.9 Å². The van der Waals surface area contributed by atoms with E-state index in [1.54, 1.807) is 11.9 Å². The normalized spacial score (nSPS) is 21.1. The van der Waals surface area contributed by atoms with Crippen LogP contribution < -0.4 is 4.90 Å². The van der Waals surface area contributed by atoms with E-state index in [1.807, 2.05) is 0 Å². The van der Waals surface area contributed by atoms with Crippen LogP contribution >= 0.6 is 0 Å². The van der Waals surface area contributed by atoms with Crippen LogP contribution in [-0.2, 0) is 0 Å². The lowest BCUT2D eigenvalue weighted by atomic mass is 9.82. The lowest BCUT2D eigenvalue weighted by Crippen LogP contribution is -2.37. The maximum Gasteiger partial charge on any atom is 0.338 e. The molecule has 20 heavy (non-hydrogen) atoms. The molecule has 1 saturated carbocycles. The van der Waals surface area contributed by atoms with Crippen LogP contribution in [0.5, 0.6) is 0 Å². The number of anilines is 1. The Labute approximate surface area is 115 Å². The number of nitro groups is 1. The van der Waals surface area contributed by atoms with Crippen molar-refractivity contribution in [2.45, 2.75) is 18.9 Å². The number of carboxylic acids is 1. The first-order chi connectivity index (χ1) is 9.38. The number of hydrogen-bond donors (Lipinski definition) is 2. The highest BCUT2D eigenvalue weighted by atomic mass is 16.6. The quantitative estimate of drug-likeness (QED) is 0.625. The minimum atomic E-state index is -1.19. The zero-order valence-electron chi connectivity index (χ0n) is 11.0. The van der Waals surface area contributed by atoms with Crippen LogP contribution in [-0.4, -0.2) is 40.8 Å². The van der Waals surface area contributed by atoms with E-state index < -0.39 is 10.9 Å². The van der Waals surface area contributed by atoms with Crippen molar-refractivity contribution >= 4 is 17.3 Å². The van der Waals surface area contributed by atoms with Crippen LogP contribution in [0.4, 0.5) is 11.4 Å². The highest BCUT2D eigenvalue weighted by Gasteiger charge is 2.29. The molecule has 1 fully saturated rings. The first-order valence-corrected chi connectivity index (χ1v) is 6.29. The lowest BCUT2D eigenvalue weighted by molar-refractivity contribution is -0.384. The van der Waals surface area contributed by atoms with Gasteiger partial charge in [0.15, 0.2) is 0 Å². The molecule has 1 aromatic carbocycles. The second-order valence-corrected chi connectivity index (χ2v) is 5.14. The predicted molar refractivity (Wildman–Crippen MR) is 72.1 cm³/mol. The average Bonchev–Trinajstić information content (AvgIpc) is 2.35. The maximum absolute atomic E-state index is 11.2. The first-order valence-electron chi connectivity index (χ1n) is 6.29. The molecule has 0 unspecified atom stereocenters. The molecule has 7 nitrogen and oxygen atoms in total. The fraction of sp³-hybridized carbons (Fsp3) is 0.462. The third kappa shape index (κ3) is 2.88. The molecule has 0 aromatic heterocycles. The summed E-state index contributed by atoms with van der Waals surface area (Å²) >= 11 is 0. The Kier molecular flexibility index (Phi) is 3.89. The number of nitro benzene ring substituents is 1. The van der Waals surface area contributed by atoms with E-state index in [0.29, 0.717) is 31.0 Å². The summed E-state index contributed by atoms with van der Waals surface area (Å²) in [6.45, 7) is 0.620. The van der Waals surface area contributed by atoms with Gasteiger partial charge in [-0.15, -0.1) is 0 Å². The Balaban J connectivity index is 2.21. The summed E-state index contributed by atoms with van der Waals surface area (Å²) in [6, 6.07) is 3.83. The van der Waals surface area contributed by atoms with Gasteiger partial charge < -0.3 is 15.1 Å². The zero-order chi connectivity index (χ0) is 14.9. The molecule has 2 N–H and O–H groups in total. The molecule has 0 radical (unpaired) electrons. The van der Waals surface area contributed by atoms with E-state index in [-0.39, 0.29) is 17.4 Å². The molecule has 0 atom stereocenters. The smallest absolute Gasteiger partial charge is 0.338 e. The molecule has 0 amide bonds. The molecule has 1 aromatic rings. The fourth-order valence-corrected chi connectivity index (χ4v) is 2.48. The molecule has 0 saturated heterocycles. The third-order valence-corrected chi connectivity index (χ3v) is 3.58. The predicted octanol–water partition coefficient (Wildman–Crippen LogP) is 1.50. The van der Waals surface area contributed by atoms with Gasteiger partial charge in [0.25, 0.3) is 5.69 Å². The summed E-state index contributed by atoms with van der Waals surface area (Å²) < 4.78 is 0. The summed E-state index contributed by atoms with van der Waals surface area (Å²) in [5, 5.41) is 29.1. The first kappa shape index (κ1) is 14.3. The molecule has 2 rings (SSSR count). The van der Waals surface area contributed by atoms with Gasteiger partial charge in [-0.25, -0.2) is 4.79 Å². The Hall–Kier alpha value is -2.15. The number of aliphatic hydroxyl groups excluding tert-OH is 1. The topological polar surface area (TPSA) is 104 Å². The molecule has 0 aliphatic heterocycles. The molecule has 0 heterocycles. The summed E-state index contributed by atoms with van der Waals surface area (Å²) in [4.78, 5) is 23.1. The van der Waals surface area contributed by atoms with Gasteiger partial charge in [-0.05, 0) is 24.8 Å². The van der Waals surface area contributed by atoms with Gasteiger partial charge in [-0.2, -0.15) is 0 Å². The van der Waals surface area contributed by atoms with Crippen molar-refractivity contribution in [1.29, 1.82) is 0 Å². The standard InChI is InChI=1S/C13H16N2O5/c1-14(7-8-4-10(16)5-8)12-3-2-9(15(19)20)6-11(12)13(17)18/h2-3,6,8,10,16H,4-5,7H2,1H3,(H,17,18). The van der Waals surface area contributed by atoms with Crippen molar-refractivity contribution in [2.24, 2.45) is 5.92 Å². The summed E-state index contributed by atoms with van der Waals surface area (Å²) in [5.41, 5.74) is 0.129. The van der Waals surface area contributed by atoms with E-state index in [9.17, 15) is 25.1 Å². The number of hydrogen-bond acceptors (Lipinski definition) is 5. The molecular weight excluding hydrogens is 264 g/mol. The third-order valence-electron chi connectivity index (χ3n) is 3.58. The molecular formula is C13H16N2O5. The Morgan fingerprint density at radius 2 is 2.15 bits per heavy atom. The molecule has 108 valence electrons. The van der Waals surface area contributed by atoms with Gasteiger partial charge in [0.2, 0.25) is 0 Å². The monoisotopic (exact) mass is 280 g/mol. The second-order valence-electron chi connectivity index (χ2n) is 5.14. The Bertz CT molecular complexity index is 540. The Morgan fingerprint density at radius 3 is 2.65 bits per heavy atom. The summed E-state index contributed by atoms with van der Waals surface area (Å²) in [7, 11) is 1.75. The molecule has 0 bridgehead atoms. The highest BCUT2D eigenvalue weighted by Crippen LogP contribution is 2.31. The number of carboxylic acid groups (broad SMARTS) is 1. The number of aliphatic hydroxyl groups is 1. The zero-order valence-corrected chi connectivity index (χ0v) is 11.0. The van der Waals surface area contributed by atoms with Gasteiger partial charge in [0.1, 0.15) is 0 Å². The number of benzene rings is 1. The van der Waals surface area contributed by atoms with Crippen molar-refractivity contribution in [1.82, 2.24) is 0 Å². The Morgan fingerprint density at radius 1 is 1.50 bits per heavy atom. The van der Waals surface area contributed by atoms with E-state index in [0.717, 1.165) is 6.07 Å². The van der Waals surface area contributed by atoms with E-state index >= 15 is 0 Å². The maximum atomic E-state index is 11.2. The number of carbonyl (C=O) groups is 1. The average molecular weight is 280 g/mol. The number of aromatic carboxylic acids is 1. The summed E-state index contributed by atoms with van der Waals surface area (Å²) in [5.74, 6) is -0.865. The van der Waals surface area contributed by atoms with Gasteiger partial charge in [0, 0.05) is 25.7 Å². The van der Waals surface area contributed by atoms with Crippen LogP contribution in [0, 0.1) is 16.0 Å². The van der Waals surface area contributed by atoms with E-state index in [2.05, 4.69) is 0 Å². The number of non-ortho nitro benzene ring substituents is 1. The van der Waals surface area contributed by atoms with Crippen LogP contribution in [0.1, 0.15) is 23.2 Å². The fourth-order valence-electron chi connectivity index (χ4n) is 2.48. The summed E-state index contributed by atoms with van der Waals surface area (Å²) in [6.07, 6.45) is 1.16. The highest BCUT2D eigenvalue weighted by molar-refractivity contribution is 5.95. The molecule has 0 spiro atoms. The van der Waals surface area contributed by atoms with Gasteiger partial charge in [0.05, 0.1) is 22.3 Å². The van der Waals surface area contributed by atoms with Gasteiger partial charge in [-0.3, -0.25) is 10.1 Å². The van der Waals surface area contributed by atoms with Crippen LogP contribution in [0.2, 0.25) is 0 Å². The molecule has 7 heteroatoms. The van der Waals surface area contributed by atoms with Crippen molar-refractivity contribution in [3.63, 3.8) is 0 Å². The van der Waals surface area contributed by atoms with E-state index in [1.165, 1.54) is 12.1 Å². The van der Waals surface area contributed by atoms with Gasteiger partial charge >= 0.3 is 5.97 Å². The van der Waals surface area contributed by atoms with Gasteiger partial charge in [-0.1, -0.05) is 0 Å². The number of rotatable bonds is 5. The minimum absolute atomic E-state index is 0.0819. The minimum Gasteiger partial charge on any atom is -0.478 e. The largest absolute Gasteiger partial charge is 0.478 e. The van der Waals surface area contributed by atoms with Crippen molar-refractivity contribution in [3.8, 4) is 0 Å². The molecule has 1 aliphatic carbocycles. The second kappa shape index (κ2) is 5.46. The SMILES string of the molecule is CN(CC1CC(O)C1)c1ccc([N+](=O)[O-])cc1C(=O)O. The van der Waals surface area contributed by atoms with Crippen LogP contribution in [0.3, 0.4) is 0 Å². The molecule has 1 aliphatic rings. The van der Waals surface area contributed by atoms with Crippen molar-refractivity contribution < 1.29 is 19.9 Å². The van der Waals surface area contributed by atoms with E-state index in [4.69, 9.17) is 0 Å². The van der Waals surface area contributed by atoms with Crippen LogP contribution in [0.15, 0.2) is 18.2 Å². The van der Waals surface area contributed by atoms with Crippen molar-refractivity contribution in [2.75, 3.05) is 18.5 Å². The lowest BCUT2D eigenvalue weighted by Gasteiger charge is -2.35. The number of nitrogens with zero attached hydrogens (tertiary/aromatic N) is 2.